The van der Waals surface area contributed by atoms with E-state index in [2.05, 4.69) is 0 Å². The van der Waals surface area contributed by atoms with Crippen molar-refractivity contribution >= 4 is 0 Å². The van der Waals surface area contributed by atoms with Crippen LogP contribution in [-0.4, -0.2) is 24.9 Å². The lowest BCUT2D eigenvalue weighted by Gasteiger charge is -2.14. The lowest BCUT2D eigenvalue weighted by molar-refractivity contribution is 0.0237. The molecule has 0 fully saturated rings. The summed E-state index contributed by atoms with van der Waals surface area (Å²) in [6.07, 6.45) is -0.590. The van der Waals surface area contributed by atoms with E-state index in [-0.39, 0.29) is 6.61 Å². The Morgan fingerprint density at radius 1 is 0.950 bits per heavy atom. The predicted octanol–water partition coefficient (Wildman–Crippen LogP) is 3.12. The first-order valence-electron chi connectivity index (χ1n) is 6.76. The van der Waals surface area contributed by atoms with Gasteiger partial charge in [0.2, 0.25) is 0 Å². The number of benzene rings is 2. The minimum atomic E-state index is -0.590. The van der Waals surface area contributed by atoms with E-state index in [1.165, 1.54) is 0 Å². The van der Waals surface area contributed by atoms with Crippen LogP contribution in [0.3, 0.4) is 0 Å². The van der Waals surface area contributed by atoms with E-state index in [9.17, 15) is 5.11 Å². The van der Waals surface area contributed by atoms with Crippen molar-refractivity contribution in [2.45, 2.75) is 13.0 Å². The van der Waals surface area contributed by atoms with E-state index < -0.39 is 6.10 Å². The van der Waals surface area contributed by atoms with Crippen molar-refractivity contribution in [3.63, 3.8) is 0 Å². The van der Waals surface area contributed by atoms with Crippen LogP contribution in [0.2, 0.25) is 0 Å². The van der Waals surface area contributed by atoms with Crippen LogP contribution in [0.25, 0.3) is 0 Å². The predicted molar refractivity (Wildman–Crippen MR) is 78.9 cm³/mol. The van der Waals surface area contributed by atoms with Gasteiger partial charge in [-0.3, -0.25) is 0 Å². The second kappa shape index (κ2) is 7.68. The zero-order chi connectivity index (χ0) is 14.2. The molecule has 106 valence electrons. The molecule has 0 bridgehead atoms. The van der Waals surface area contributed by atoms with Crippen LogP contribution in [0.15, 0.2) is 54.6 Å². The summed E-state index contributed by atoms with van der Waals surface area (Å²) >= 11 is 0. The number of aliphatic hydroxyl groups excluding tert-OH is 1. The largest absolute Gasteiger partial charge is 0.491 e. The van der Waals surface area contributed by atoms with E-state index in [0.717, 1.165) is 16.9 Å². The van der Waals surface area contributed by atoms with Crippen molar-refractivity contribution in [1.82, 2.24) is 0 Å². The molecular weight excluding hydrogens is 252 g/mol. The van der Waals surface area contributed by atoms with Gasteiger partial charge in [0.1, 0.15) is 18.5 Å². The molecule has 0 aliphatic heterocycles. The lowest BCUT2D eigenvalue weighted by atomic mass is 10.0. The van der Waals surface area contributed by atoms with Crippen LogP contribution in [0.1, 0.15) is 17.2 Å². The second-order valence-corrected chi connectivity index (χ2v) is 4.61. The van der Waals surface area contributed by atoms with Gasteiger partial charge in [-0.25, -0.2) is 0 Å². The van der Waals surface area contributed by atoms with Crippen molar-refractivity contribution in [1.29, 1.82) is 0 Å². The van der Waals surface area contributed by atoms with Crippen molar-refractivity contribution in [3.8, 4) is 5.75 Å². The molecule has 2 rings (SSSR count). The minimum Gasteiger partial charge on any atom is -0.491 e. The van der Waals surface area contributed by atoms with Crippen LogP contribution >= 0.6 is 0 Å². The Labute approximate surface area is 119 Å². The Hall–Kier alpha value is -1.84. The second-order valence-electron chi connectivity index (χ2n) is 4.61. The van der Waals surface area contributed by atoms with Gasteiger partial charge >= 0.3 is 0 Å². The molecule has 3 heteroatoms. The number of ether oxygens (including phenoxy) is 2. The third-order valence-corrected chi connectivity index (χ3v) is 3.06. The van der Waals surface area contributed by atoms with Gasteiger partial charge in [0.05, 0.1) is 13.2 Å². The number of aryl methyl sites for hydroxylation is 1. The quantitative estimate of drug-likeness (QED) is 0.787. The zero-order valence-corrected chi connectivity index (χ0v) is 11.7. The molecule has 0 spiro atoms. The molecule has 20 heavy (non-hydrogen) atoms. The fourth-order valence-electron chi connectivity index (χ4n) is 1.98. The van der Waals surface area contributed by atoms with E-state index in [1.54, 1.807) is 0 Å². The van der Waals surface area contributed by atoms with E-state index in [4.69, 9.17) is 9.47 Å². The normalized spacial score (nSPS) is 12.1. The number of rotatable bonds is 7. The van der Waals surface area contributed by atoms with Gasteiger partial charge in [0.15, 0.2) is 0 Å². The molecule has 1 N–H and O–H groups in total. The molecular formula is C17H20O3. The van der Waals surface area contributed by atoms with Gasteiger partial charge in [-0.15, -0.1) is 0 Å². The summed E-state index contributed by atoms with van der Waals surface area (Å²) < 4.78 is 11.0. The molecule has 0 amide bonds. The maximum atomic E-state index is 10.1. The summed E-state index contributed by atoms with van der Waals surface area (Å²) in [6.45, 7) is 3.20. The van der Waals surface area contributed by atoms with Crippen LogP contribution < -0.4 is 4.74 Å². The molecule has 0 heterocycles. The maximum Gasteiger partial charge on any atom is 0.119 e. The SMILES string of the molecule is Cc1ccccc1C(O)COCCOc1ccccc1. The van der Waals surface area contributed by atoms with E-state index in [0.29, 0.717) is 13.2 Å². The molecule has 2 aromatic rings. The third-order valence-electron chi connectivity index (χ3n) is 3.06. The molecule has 1 unspecified atom stereocenters. The summed E-state index contributed by atoms with van der Waals surface area (Å²) in [4.78, 5) is 0. The highest BCUT2D eigenvalue weighted by Crippen LogP contribution is 2.17. The van der Waals surface area contributed by atoms with Gasteiger partial charge in [0.25, 0.3) is 0 Å². The first-order chi connectivity index (χ1) is 9.77. The molecule has 0 radical (unpaired) electrons. The maximum absolute atomic E-state index is 10.1. The summed E-state index contributed by atoms with van der Waals surface area (Å²) in [5.41, 5.74) is 1.99. The molecule has 0 saturated carbocycles. The van der Waals surface area contributed by atoms with Crippen molar-refractivity contribution in [2.24, 2.45) is 0 Å². The monoisotopic (exact) mass is 272 g/mol. The molecule has 0 aliphatic rings. The van der Waals surface area contributed by atoms with Gasteiger partial charge in [0, 0.05) is 0 Å². The number of aliphatic hydroxyl groups is 1. The Bertz CT molecular complexity index is 511. The topological polar surface area (TPSA) is 38.7 Å². The lowest BCUT2D eigenvalue weighted by Crippen LogP contribution is -2.13. The molecule has 0 saturated heterocycles. The highest BCUT2D eigenvalue weighted by atomic mass is 16.5. The molecule has 0 aliphatic carbocycles. The third kappa shape index (κ3) is 4.37. The molecule has 1 atom stereocenters. The van der Waals surface area contributed by atoms with Crippen LogP contribution in [-0.2, 0) is 4.74 Å². The first-order valence-corrected chi connectivity index (χ1v) is 6.76. The Balaban J connectivity index is 1.67. The fourth-order valence-corrected chi connectivity index (χ4v) is 1.98. The number of hydrogen-bond donors (Lipinski definition) is 1. The summed E-state index contributed by atoms with van der Waals surface area (Å²) in [7, 11) is 0. The van der Waals surface area contributed by atoms with Crippen molar-refractivity contribution in [3.05, 3.63) is 65.7 Å². The number of para-hydroxylation sites is 1. The van der Waals surface area contributed by atoms with E-state index >= 15 is 0 Å². The summed E-state index contributed by atoms with van der Waals surface area (Å²) in [5, 5.41) is 10.1. The molecule has 2 aromatic carbocycles. The Morgan fingerprint density at radius 2 is 1.65 bits per heavy atom. The standard InChI is InChI=1S/C17H20O3/c1-14-7-5-6-10-16(14)17(18)13-19-11-12-20-15-8-3-2-4-9-15/h2-10,17-18H,11-13H2,1H3. The molecule has 0 aromatic heterocycles. The number of hydrogen-bond acceptors (Lipinski definition) is 3. The minimum absolute atomic E-state index is 0.281. The van der Waals surface area contributed by atoms with Gasteiger partial charge < -0.3 is 14.6 Å². The first kappa shape index (κ1) is 14.6. The smallest absolute Gasteiger partial charge is 0.119 e. The highest BCUT2D eigenvalue weighted by molar-refractivity contribution is 5.27. The van der Waals surface area contributed by atoms with Crippen molar-refractivity contribution in [2.75, 3.05) is 19.8 Å². The Morgan fingerprint density at radius 3 is 2.40 bits per heavy atom. The highest BCUT2D eigenvalue weighted by Gasteiger charge is 2.09. The van der Waals surface area contributed by atoms with Gasteiger partial charge in [-0.05, 0) is 30.2 Å². The molecule has 3 nitrogen and oxygen atoms in total. The van der Waals surface area contributed by atoms with Gasteiger partial charge in [-0.2, -0.15) is 0 Å². The fraction of sp³-hybridized carbons (Fsp3) is 0.294. The Kier molecular flexibility index (Phi) is 5.59. The summed E-state index contributed by atoms with van der Waals surface area (Å²) in [5.74, 6) is 0.829. The average molecular weight is 272 g/mol. The zero-order valence-electron chi connectivity index (χ0n) is 11.7. The van der Waals surface area contributed by atoms with Crippen LogP contribution in [0, 0.1) is 6.92 Å². The van der Waals surface area contributed by atoms with Gasteiger partial charge in [-0.1, -0.05) is 42.5 Å². The summed E-state index contributed by atoms with van der Waals surface area (Å²) in [6, 6.07) is 17.4. The average Bonchev–Trinajstić information content (AvgIpc) is 2.48. The van der Waals surface area contributed by atoms with Crippen LogP contribution in [0.4, 0.5) is 0 Å². The van der Waals surface area contributed by atoms with Crippen LogP contribution in [0.5, 0.6) is 5.75 Å². The van der Waals surface area contributed by atoms with E-state index in [1.807, 2.05) is 61.5 Å². The van der Waals surface area contributed by atoms with Crippen molar-refractivity contribution < 1.29 is 14.6 Å².